The highest BCUT2D eigenvalue weighted by molar-refractivity contribution is 5.81. The maximum absolute atomic E-state index is 12.3. The van der Waals surface area contributed by atoms with Gasteiger partial charge >= 0.3 is 0 Å². The van der Waals surface area contributed by atoms with Gasteiger partial charge in [0.25, 0.3) is 0 Å². The molecule has 1 saturated carbocycles. The number of fused-ring (bicyclic) bond motifs is 1. The van der Waals surface area contributed by atoms with E-state index in [4.69, 9.17) is 0 Å². The van der Waals surface area contributed by atoms with Crippen LogP contribution in [-0.2, 0) is 11.3 Å². The summed E-state index contributed by atoms with van der Waals surface area (Å²) in [6, 6.07) is 8.46. The second kappa shape index (κ2) is 5.92. The minimum atomic E-state index is 0.144. The number of amides is 1. The van der Waals surface area contributed by atoms with E-state index in [1.54, 1.807) is 0 Å². The first-order valence-electron chi connectivity index (χ1n) is 7.99. The molecule has 1 amide bonds. The fourth-order valence-corrected chi connectivity index (χ4v) is 3.46. The second-order valence-electron chi connectivity index (χ2n) is 6.42. The molecule has 3 heteroatoms. The molecule has 21 heavy (non-hydrogen) atoms. The van der Waals surface area contributed by atoms with E-state index in [-0.39, 0.29) is 11.8 Å². The van der Waals surface area contributed by atoms with E-state index >= 15 is 0 Å². The predicted octanol–water partition coefficient (Wildman–Crippen LogP) is 3.92. The van der Waals surface area contributed by atoms with Gasteiger partial charge in [-0.2, -0.15) is 0 Å². The lowest BCUT2D eigenvalue weighted by atomic mass is 9.92. The number of carbonyl (C=O) groups is 1. The Hall–Kier alpha value is -1.77. The first-order valence-corrected chi connectivity index (χ1v) is 7.99. The van der Waals surface area contributed by atoms with Crippen LogP contribution in [-0.4, -0.2) is 10.9 Å². The summed E-state index contributed by atoms with van der Waals surface area (Å²) in [4.78, 5) is 15.6. The molecule has 1 aromatic carbocycles. The normalized spacial score (nSPS) is 17.2. The Morgan fingerprint density at radius 1 is 1.33 bits per heavy atom. The first kappa shape index (κ1) is 14.2. The molecular weight excluding hydrogens is 260 g/mol. The van der Waals surface area contributed by atoms with Crippen molar-refractivity contribution in [1.29, 1.82) is 0 Å². The van der Waals surface area contributed by atoms with E-state index in [2.05, 4.69) is 48.4 Å². The van der Waals surface area contributed by atoms with Crippen molar-refractivity contribution in [3.63, 3.8) is 0 Å². The van der Waals surface area contributed by atoms with Crippen molar-refractivity contribution in [3.8, 4) is 0 Å². The molecule has 0 bridgehead atoms. The number of benzene rings is 1. The van der Waals surface area contributed by atoms with Gasteiger partial charge in [-0.15, -0.1) is 0 Å². The molecule has 1 heterocycles. The molecule has 1 aliphatic rings. The Morgan fingerprint density at radius 3 is 2.86 bits per heavy atom. The minimum Gasteiger partial charge on any atom is -0.359 e. The number of aryl methyl sites for hydroxylation is 1. The fourth-order valence-electron chi connectivity index (χ4n) is 3.46. The summed E-state index contributed by atoms with van der Waals surface area (Å²) in [5, 5.41) is 4.31. The zero-order chi connectivity index (χ0) is 14.8. The molecule has 3 rings (SSSR count). The van der Waals surface area contributed by atoms with Crippen molar-refractivity contribution in [2.75, 3.05) is 0 Å². The van der Waals surface area contributed by atoms with Gasteiger partial charge in [-0.25, -0.2) is 0 Å². The molecular formula is C18H24N2O. The number of H-pyrrole nitrogens is 1. The van der Waals surface area contributed by atoms with Crippen molar-refractivity contribution >= 4 is 16.8 Å². The molecule has 1 unspecified atom stereocenters. The van der Waals surface area contributed by atoms with Gasteiger partial charge in [-0.3, -0.25) is 4.79 Å². The summed E-state index contributed by atoms with van der Waals surface area (Å²) in [6.07, 6.45) is 4.99. The number of hydrogen-bond acceptors (Lipinski definition) is 1. The molecule has 3 nitrogen and oxygen atoms in total. The Bertz CT molecular complexity index is 638. The van der Waals surface area contributed by atoms with Crippen LogP contribution in [0.15, 0.2) is 24.3 Å². The average molecular weight is 284 g/mol. The largest absolute Gasteiger partial charge is 0.359 e. The molecule has 2 aromatic rings. The lowest BCUT2D eigenvalue weighted by molar-refractivity contribution is -0.126. The molecule has 1 aliphatic carbocycles. The summed E-state index contributed by atoms with van der Waals surface area (Å²) in [7, 11) is 0. The second-order valence-corrected chi connectivity index (χ2v) is 6.42. The highest BCUT2D eigenvalue weighted by atomic mass is 16.1. The van der Waals surface area contributed by atoms with Gasteiger partial charge in [0.1, 0.15) is 0 Å². The van der Waals surface area contributed by atoms with E-state index in [9.17, 15) is 4.79 Å². The van der Waals surface area contributed by atoms with Crippen LogP contribution in [0.5, 0.6) is 0 Å². The SMILES string of the molecule is Cc1cc2cc(CNC(=O)C(C)C3CCCC3)ccc2[nH]1. The smallest absolute Gasteiger partial charge is 0.223 e. The quantitative estimate of drug-likeness (QED) is 0.878. The van der Waals surface area contributed by atoms with E-state index < -0.39 is 0 Å². The van der Waals surface area contributed by atoms with Gasteiger partial charge in [0.05, 0.1) is 0 Å². The fraction of sp³-hybridized carbons (Fsp3) is 0.500. The Kier molecular flexibility index (Phi) is 4.00. The third-order valence-corrected chi connectivity index (χ3v) is 4.81. The molecule has 0 spiro atoms. The summed E-state index contributed by atoms with van der Waals surface area (Å²) < 4.78 is 0. The zero-order valence-electron chi connectivity index (χ0n) is 12.9. The summed E-state index contributed by atoms with van der Waals surface area (Å²) in [5.41, 5.74) is 3.48. The van der Waals surface area contributed by atoms with Crippen molar-refractivity contribution in [1.82, 2.24) is 10.3 Å². The van der Waals surface area contributed by atoms with E-state index in [0.717, 1.165) is 11.1 Å². The number of aromatic amines is 1. The molecule has 2 N–H and O–H groups in total. The van der Waals surface area contributed by atoms with Crippen LogP contribution >= 0.6 is 0 Å². The van der Waals surface area contributed by atoms with Crippen LogP contribution in [0, 0.1) is 18.8 Å². The van der Waals surface area contributed by atoms with Crippen molar-refractivity contribution in [3.05, 3.63) is 35.5 Å². The van der Waals surface area contributed by atoms with Crippen molar-refractivity contribution in [2.24, 2.45) is 11.8 Å². The van der Waals surface area contributed by atoms with Crippen LogP contribution < -0.4 is 5.32 Å². The van der Waals surface area contributed by atoms with E-state index in [0.29, 0.717) is 12.5 Å². The number of aromatic nitrogens is 1. The topological polar surface area (TPSA) is 44.9 Å². The third-order valence-electron chi connectivity index (χ3n) is 4.81. The van der Waals surface area contributed by atoms with E-state index in [1.807, 2.05) is 0 Å². The standard InChI is InChI=1S/C18H24N2O/c1-12-9-16-10-14(7-8-17(16)20-12)11-19-18(21)13(2)15-5-3-4-6-15/h7-10,13,15,20H,3-6,11H2,1-2H3,(H,19,21). The van der Waals surface area contributed by atoms with Crippen LogP contribution in [0.1, 0.15) is 43.9 Å². The summed E-state index contributed by atoms with van der Waals surface area (Å²) in [6.45, 7) is 4.75. The molecule has 112 valence electrons. The summed E-state index contributed by atoms with van der Waals surface area (Å²) >= 11 is 0. The maximum atomic E-state index is 12.3. The summed E-state index contributed by atoms with van der Waals surface area (Å²) in [5.74, 6) is 0.929. The number of rotatable bonds is 4. The van der Waals surface area contributed by atoms with E-state index in [1.165, 1.54) is 36.8 Å². The highest BCUT2D eigenvalue weighted by Crippen LogP contribution is 2.31. The van der Waals surface area contributed by atoms with Gasteiger partial charge in [0, 0.05) is 23.7 Å². The van der Waals surface area contributed by atoms with Crippen LogP contribution in [0.3, 0.4) is 0 Å². The molecule has 1 aromatic heterocycles. The van der Waals surface area contributed by atoms with Crippen LogP contribution in [0.4, 0.5) is 0 Å². The van der Waals surface area contributed by atoms with Gasteiger partial charge < -0.3 is 10.3 Å². The Morgan fingerprint density at radius 2 is 2.10 bits per heavy atom. The molecule has 0 radical (unpaired) electrons. The van der Waals surface area contributed by atoms with Crippen molar-refractivity contribution in [2.45, 2.75) is 46.1 Å². The lowest BCUT2D eigenvalue weighted by Crippen LogP contribution is -2.32. The van der Waals surface area contributed by atoms with Gasteiger partial charge in [0.15, 0.2) is 0 Å². The molecule has 1 fully saturated rings. The minimum absolute atomic E-state index is 0.144. The Balaban J connectivity index is 1.61. The van der Waals surface area contributed by atoms with Gasteiger partial charge in [-0.05, 0) is 54.8 Å². The van der Waals surface area contributed by atoms with Gasteiger partial charge in [-0.1, -0.05) is 25.8 Å². The lowest BCUT2D eigenvalue weighted by Gasteiger charge is -2.18. The molecule has 0 aliphatic heterocycles. The monoisotopic (exact) mass is 284 g/mol. The number of carbonyl (C=O) groups excluding carboxylic acids is 1. The third kappa shape index (κ3) is 3.12. The maximum Gasteiger partial charge on any atom is 0.223 e. The molecule has 0 saturated heterocycles. The predicted molar refractivity (Wildman–Crippen MR) is 86.0 cm³/mol. The average Bonchev–Trinajstić information content (AvgIpc) is 3.11. The zero-order valence-corrected chi connectivity index (χ0v) is 12.9. The molecule has 1 atom stereocenters. The Labute approximate surface area is 126 Å². The van der Waals surface area contributed by atoms with Gasteiger partial charge in [0.2, 0.25) is 5.91 Å². The number of nitrogens with one attached hydrogen (secondary N) is 2. The number of hydrogen-bond donors (Lipinski definition) is 2. The van der Waals surface area contributed by atoms with Crippen molar-refractivity contribution < 1.29 is 4.79 Å². The first-order chi connectivity index (χ1) is 10.1. The highest BCUT2D eigenvalue weighted by Gasteiger charge is 2.26. The van der Waals surface area contributed by atoms with Crippen LogP contribution in [0.25, 0.3) is 10.9 Å². The van der Waals surface area contributed by atoms with Crippen LogP contribution in [0.2, 0.25) is 0 Å².